The second-order valence-corrected chi connectivity index (χ2v) is 6.24. The van der Waals surface area contributed by atoms with Crippen LogP contribution in [0.2, 0.25) is 10.0 Å². The molecule has 0 amide bonds. The van der Waals surface area contributed by atoms with Gasteiger partial charge in [-0.1, -0.05) is 23.2 Å². The van der Waals surface area contributed by atoms with Gasteiger partial charge in [-0.05, 0) is 62.4 Å². The zero-order valence-corrected chi connectivity index (χ0v) is 12.8. The molecule has 0 aliphatic heterocycles. The molecule has 0 bridgehead atoms. The number of rotatable bonds is 5. The fourth-order valence-corrected chi connectivity index (χ4v) is 3.29. The van der Waals surface area contributed by atoms with Crippen molar-refractivity contribution >= 4 is 29.2 Å². The van der Waals surface area contributed by atoms with Crippen LogP contribution in [0.4, 0.5) is 0 Å². The SMILES string of the molecule is O=C(O)C1CCC(NCCc2cc(Cl)cc(Cl)c2)CC1. The minimum absolute atomic E-state index is 0.153. The Morgan fingerprint density at radius 3 is 2.30 bits per heavy atom. The smallest absolute Gasteiger partial charge is 0.306 e. The Morgan fingerprint density at radius 2 is 1.75 bits per heavy atom. The number of carbonyl (C=O) groups is 1. The van der Waals surface area contributed by atoms with Crippen LogP contribution in [0.15, 0.2) is 18.2 Å². The molecule has 1 aliphatic rings. The predicted molar refractivity (Wildman–Crippen MR) is 81.6 cm³/mol. The van der Waals surface area contributed by atoms with Crippen molar-refractivity contribution in [3.8, 4) is 0 Å². The Morgan fingerprint density at radius 1 is 1.15 bits per heavy atom. The molecule has 2 rings (SSSR count). The first-order valence-electron chi connectivity index (χ1n) is 6.96. The summed E-state index contributed by atoms with van der Waals surface area (Å²) in [7, 11) is 0. The van der Waals surface area contributed by atoms with E-state index in [0.29, 0.717) is 16.1 Å². The Bertz CT molecular complexity index is 451. The standard InChI is InChI=1S/C15H19Cl2NO2/c16-12-7-10(8-13(17)9-12)5-6-18-14-3-1-11(2-4-14)15(19)20/h7-9,11,14,18H,1-6H2,(H,19,20). The van der Waals surface area contributed by atoms with Crippen molar-refractivity contribution in [1.82, 2.24) is 5.32 Å². The first kappa shape index (κ1) is 15.6. The molecule has 1 aromatic carbocycles. The summed E-state index contributed by atoms with van der Waals surface area (Å²) in [5, 5.41) is 13.8. The molecule has 1 aliphatic carbocycles. The molecule has 1 aromatic rings. The van der Waals surface area contributed by atoms with Crippen LogP contribution >= 0.6 is 23.2 Å². The van der Waals surface area contributed by atoms with Gasteiger partial charge in [0.1, 0.15) is 0 Å². The Kier molecular flexibility index (Phi) is 5.70. The fraction of sp³-hybridized carbons (Fsp3) is 0.533. The topological polar surface area (TPSA) is 49.3 Å². The van der Waals surface area contributed by atoms with Gasteiger partial charge >= 0.3 is 5.97 Å². The van der Waals surface area contributed by atoms with Crippen LogP contribution in [0.5, 0.6) is 0 Å². The maximum Gasteiger partial charge on any atom is 0.306 e. The van der Waals surface area contributed by atoms with E-state index in [-0.39, 0.29) is 5.92 Å². The van der Waals surface area contributed by atoms with Gasteiger partial charge in [0.25, 0.3) is 0 Å². The number of benzene rings is 1. The normalized spacial score (nSPS) is 22.7. The molecular formula is C15H19Cl2NO2. The summed E-state index contributed by atoms with van der Waals surface area (Å²) in [4.78, 5) is 10.9. The number of halogens is 2. The van der Waals surface area contributed by atoms with E-state index in [4.69, 9.17) is 28.3 Å². The van der Waals surface area contributed by atoms with E-state index in [1.165, 1.54) is 0 Å². The van der Waals surface area contributed by atoms with Gasteiger partial charge in [-0.15, -0.1) is 0 Å². The van der Waals surface area contributed by atoms with Crippen molar-refractivity contribution in [2.24, 2.45) is 5.92 Å². The van der Waals surface area contributed by atoms with Gasteiger partial charge in [-0.3, -0.25) is 4.79 Å². The van der Waals surface area contributed by atoms with Gasteiger partial charge in [0.15, 0.2) is 0 Å². The number of hydrogen-bond acceptors (Lipinski definition) is 2. The zero-order valence-electron chi connectivity index (χ0n) is 11.2. The molecule has 1 fully saturated rings. The number of aliphatic carboxylic acids is 1. The van der Waals surface area contributed by atoms with Crippen molar-refractivity contribution < 1.29 is 9.90 Å². The molecule has 0 unspecified atom stereocenters. The minimum Gasteiger partial charge on any atom is -0.481 e. The highest BCUT2D eigenvalue weighted by Crippen LogP contribution is 2.24. The lowest BCUT2D eigenvalue weighted by Gasteiger charge is -2.27. The van der Waals surface area contributed by atoms with Crippen molar-refractivity contribution in [1.29, 1.82) is 0 Å². The van der Waals surface area contributed by atoms with Crippen LogP contribution < -0.4 is 5.32 Å². The third-order valence-electron chi connectivity index (χ3n) is 3.85. The van der Waals surface area contributed by atoms with E-state index < -0.39 is 5.97 Å². The van der Waals surface area contributed by atoms with Crippen LogP contribution in [-0.4, -0.2) is 23.7 Å². The molecule has 0 spiro atoms. The second kappa shape index (κ2) is 7.30. The number of carboxylic acids is 1. The van der Waals surface area contributed by atoms with Crippen molar-refractivity contribution in [3.05, 3.63) is 33.8 Å². The van der Waals surface area contributed by atoms with Crippen LogP contribution in [-0.2, 0) is 11.2 Å². The van der Waals surface area contributed by atoms with Crippen molar-refractivity contribution in [2.45, 2.75) is 38.1 Å². The van der Waals surface area contributed by atoms with Gasteiger partial charge in [-0.2, -0.15) is 0 Å². The van der Waals surface area contributed by atoms with E-state index >= 15 is 0 Å². The molecule has 0 aromatic heterocycles. The lowest BCUT2D eigenvalue weighted by Crippen LogP contribution is -2.36. The van der Waals surface area contributed by atoms with Gasteiger partial charge < -0.3 is 10.4 Å². The van der Waals surface area contributed by atoms with Crippen LogP contribution in [0, 0.1) is 5.92 Å². The van der Waals surface area contributed by atoms with Crippen LogP contribution in [0.25, 0.3) is 0 Å². The van der Waals surface area contributed by atoms with E-state index in [0.717, 1.165) is 44.2 Å². The molecule has 20 heavy (non-hydrogen) atoms. The van der Waals surface area contributed by atoms with Gasteiger partial charge in [0.2, 0.25) is 0 Å². The van der Waals surface area contributed by atoms with E-state index in [2.05, 4.69) is 5.32 Å². The zero-order chi connectivity index (χ0) is 14.5. The van der Waals surface area contributed by atoms with Crippen molar-refractivity contribution in [3.63, 3.8) is 0 Å². The highest BCUT2D eigenvalue weighted by molar-refractivity contribution is 6.34. The molecule has 5 heteroatoms. The highest BCUT2D eigenvalue weighted by atomic mass is 35.5. The quantitative estimate of drug-likeness (QED) is 0.869. The summed E-state index contributed by atoms with van der Waals surface area (Å²) >= 11 is 11.9. The second-order valence-electron chi connectivity index (χ2n) is 5.37. The first-order chi connectivity index (χ1) is 9.54. The average molecular weight is 316 g/mol. The molecule has 110 valence electrons. The number of nitrogens with one attached hydrogen (secondary N) is 1. The summed E-state index contributed by atoms with van der Waals surface area (Å²) in [6.45, 7) is 0.860. The van der Waals surface area contributed by atoms with Gasteiger partial charge in [0.05, 0.1) is 5.92 Å². The summed E-state index contributed by atoms with van der Waals surface area (Å²) in [5.41, 5.74) is 1.12. The Balaban J connectivity index is 1.73. The lowest BCUT2D eigenvalue weighted by atomic mass is 9.86. The summed E-state index contributed by atoms with van der Waals surface area (Å²) in [6.07, 6.45) is 4.30. The molecule has 1 saturated carbocycles. The number of hydrogen-bond donors (Lipinski definition) is 2. The molecule has 0 heterocycles. The van der Waals surface area contributed by atoms with E-state index in [1.54, 1.807) is 6.07 Å². The minimum atomic E-state index is -0.656. The maximum absolute atomic E-state index is 10.9. The van der Waals surface area contributed by atoms with Gasteiger partial charge in [-0.25, -0.2) is 0 Å². The monoisotopic (exact) mass is 315 g/mol. The average Bonchev–Trinajstić information content (AvgIpc) is 2.38. The van der Waals surface area contributed by atoms with Gasteiger partial charge in [0, 0.05) is 16.1 Å². The first-order valence-corrected chi connectivity index (χ1v) is 7.71. The van der Waals surface area contributed by atoms with Crippen LogP contribution in [0.3, 0.4) is 0 Å². The molecule has 2 N–H and O–H groups in total. The summed E-state index contributed by atoms with van der Waals surface area (Å²) in [6, 6.07) is 6.01. The largest absolute Gasteiger partial charge is 0.481 e. The third kappa shape index (κ3) is 4.65. The Hall–Kier alpha value is -0.770. The molecule has 3 nitrogen and oxygen atoms in total. The molecule has 0 atom stereocenters. The maximum atomic E-state index is 10.9. The number of carboxylic acid groups (broad SMARTS) is 1. The summed E-state index contributed by atoms with van der Waals surface area (Å²) < 4.78 is 0. The van der Waals surface area contributed by atoms with E-state index in [9.17, 15) is 4.79 Å². The molecular weight excluding hydrogens is 297 g/mol. The predicted octanol–water partition coefficient (Wildman–Crippen LogP) is 3.77. The van der Waals surface area contributed by atoms with Crippen molar-refractivity contribution in [2.75, 3.05) is 6.54 Å². The highest BCUT2D eigenvalue weighted by Gasteiger charge is 2.25. The van der Waals surface area contributed by atoms with Crippen LogP contribution in [0.1, 0.15) is 31.2 Å². The van der Waals surface area contributed by atoms with E-state index in [1.807, 2.05) is 12.1 Å². The fourth-order valence-electron chi connectivity index (χ4n) is 2.72. The summed E-state index contributed by atoms with van der Waals surface area (Å²) in [5.74, 6) is -0.809. The third-order valence-corrected chi connectivity index (χ3v) is 4.28. The molecule has 0 saturated heterocycles. The lowest BCUT2D eigenvalue weighted by molar-refractivity contribution is -0.142. The molecule has 0 radical (unpaired) electrons. The Labute approximate surface area is 129 Å².